The molecule has 0 aliphatic heterocycles. The van der Waals surface area contributed by atoms with Gasteiger partial charge in [-0.1, -0.05) is 29.8 Å². The predicted octanol–water partition coefficient (Wildman–Crippen LogP) is 3.13. The minimum Gasteiger partial charge on any atom is -0.491 e. The fraction of sp³-hybridized carbons (Fsp3) is 0.188. The van der Waals surface area contributed by atoms with Crippen LogP contribution in [0.1, 0.15) is 0 Å². The van der Waals surface area contributed by atoms with Crippen molar-refractivity contribution in [3.63, 3.8) is 0 Å². The van der Waals surface area contributed by atoms with Crippen molar-refractivity contribution < 1.29 is 9.84 Å². The van der Waals surface area contributed by atoms with Crippen molar-refractivity contribution in [2.24, 2.45) is 0 Å². The van der Waals surface area contributed by atoms with E-state index in [1.54, 1.807) is 18.5 Å². The topological polar surface area (TPSA) is 47.3 Å². The quantitative estimate of drug-likeness (QED) is 0.787. The molecule has 21 heavy (non-hydrogen) atoms. The van der Waals surface area contributed by atoms with E-state index in [9.17, 15) is 5.11 Å². The molecule has 0 radical (unpaired) electrons. The summed E-state index contributed by atoms with van der Waals surface area (Å²) in [7, 11) is 0. The zero-order valence-corrected chi connectivity index (χ0v) is 12.1. The highest BCUT2D eigenvalue weighted by Crippen LogP contribution is 2.17. The number of rotatable bonds is 5. The highest BCUT2D eigenvalue weighted by Gasteiger charge is 2.09. The van der Waals surface area contributed by atoms with E-state index in [1.807, 2.05) is 41.0 Å². The minimum atomic E-state index is -0.624. The number of para-hydroxylation sites is 2. The predicted molar refractivity (Wildman–Crippen MR) is 82.7 cm³/mol. The van der Waals surface area contributed by atoms with Gasteiger partial charge in [0.1, 0.15) is 18.5 Å². The first kappa shape index (κ1) is 13.9. The number of nitrogens with zero attached hydrogens (tertiary/aromatic N) is 2. The molecule has 5 heteroatoms. The summed E-state index contributed by atoms with van der Waals surface area (Å²) < 4.78 is 7.46. The van der Waals surface area contributed by atoms with Gasteiger partial charge < -0.3 is 14.4 Å². The standard InChI is InChI=1S/C16H15ClN2O2/c17-12-4-3-5-14(8-12)21-10-13(20)9-19-11-18-15-6-1-2-7-16(15)19/h1-8,11,13,20H,9-10H2/t13-/m0/s1. The lowest BCUT2D eigenvalue weighted by atomic mass is 10.3. The van der Waals surface area contributed by atoms with Crippen molar-refractivity contribution in [1.29, 1.82) is 0 Å². The largest absolute Gasteiger partial charge is 0.491 e. The molecule has 1 atom stereocenters. The summed E-state index contributed by atoms with van der Waals surface area (Å²) in [5, 5.41) is 10.7. The summed E-state index contributed by atoms with van der Waals surface area (Å²) in [5.41, 5.74) is 1.92. The Morgan fingerprint density at radius 3 is 2.90 bits per heavy atom. The number of hydrogen-bond donors (Lipinski definition) is 1. The van der Waals surface area contributed by atoms with Gasteiger partial charge in [-0.15, -0.1) is 0 Å². The molecule has 0 saturated carbocycles. The number of aliphatic hydroxyl groups is 1. The first-order valence-electron chi connectivity index (χ1n) is 6.69. The summed E-state index contributed by atoms with van der Waals surface area (Å²) in [6, 6.07) is 14.9. The van der Waals surface area contributed by atoms with Gasteiger partial charge in [0.2, 0.25) is 0 Å². The van der Waals surface area contributed by atoms with Crippen LogP contribution in [0, 0.1) is 0 Å². The van der Waals surface area contributed by atoms with E-state index < -0.39 is 6.10 Å². The van der Waals surface area contributed by atoms with Crippen LogP contribution in [-0.2, 0) is 6.54 Å². The van der Waals surface area contributed by atoms with Crippen LogP contribution in [0.15, 0.2) is 54.9 Å². The Hall–Kier alpha value is -2.04. The Bertz CT molecular complexity index is 742. The number of halogens is 1. The molecule has 2 aromatic carbocycles. The second-order valence-electron chi connectivity index (χ2n) is 4.81. The van der Waals surface area contributed by atoms with Gasteiger partial charge in [0, 0.05) is 5.02 Å². The number of fused-ring (bicyclic) bond motifs is 1. The third kappa shape index (κ3) is 3.35. The summed E-state index contributed by atoms with van der Waals surface area (Å²) in [6.07, 6.45) is 1.11. The second-order valence-corrected chi connectivity index (χ2v) is 5.24. The van der Waals surface area contributed by atoms with Crippen molar-refractivity contribution >= 4 is 22.6 Å². The molecular weight excluding hydrogens is 288 g/mol. The van der Waals surface area contributed by atoms with Gasteiger partial charge in [0.15, 0.2) is 0 Å². The van der Waals surface area contributed by atoms with Gasteiger partial charge in [-0.05, 0) is 30.3 Å². The summed E-state index contributed by atoms with van der Waals surface area (Å²) >= 11 is 5.89. The third-order valence-corrected chi connectivity index (χ3v) is 3.41. The van der Waals surface area contributed by atoms with E-state index in [-0.39, 0.29) is 6.61 Å². The number of aliphatic hydroxyl groups excluding tert-OH is 1. The summed E-state index contributed by atoms with van der Waals surface area (Å²) in [4.78, 5) is 4.30. The molecule has 0 amide bonds. The minimum absolute atomic E-state index is 0.201. The van der Waals surface area contributed by atoms with E-state index in [0.29, 0.717) is 17.3 Å². The smallest absolute Gasteiger partial charge is 0.120 e. The monoisotopic (exact) mass is 302 g/mol. The zero-order chi connectivity index (χ0) is 14.7. The number of benzene rings is 2. The normalized spacial score (nSPS) is 12.5. The van der Waals surface area contributed by atoms with Gasteiger partial charge in [-0.25, -0.2) is 4.98 Å². The highest BCUT2D eigenvalue weighted by molar-refractivity contribution is 6.30. The number of hydrogen-bond acceptors (Lipinski definition) is 3. The number of imidazole rings is 1. The molecule has 0 bridgehead atoms. The Morgan fingerprint density at radius 2 is 2.05 bits per heavy atom. The van der Waals surface area contributed by atoms with Crippen LogP contribution in [0.25, 0.3) is 11.0 Å². The van der Waals surface area contributed by atoms with Gasteiger partial charge in [0.05, 0.1) is 23.9 Å². The molecule has 0 unspecified atom stereocenters. The first-order valence-corrected chi connectivity index (χ1v) is 7.06. The van der Waals surface area contributed by atoms with Crippen molar-refractivity contribution in [3.8, 4) is 5.75 Å². The molecule has 3 aromatic rings. The fourth-order valence-corrected chi connectivity index (χ4v) is 2.37. The van der Waals surface area contributed by atoms with E-state index in [0.717, 1.165) is 11.0 Å². The van der Waals surface area contributed by atoms with Gasteiger partial charge >= 0.3 is 0 Å². The maximum Gasteiger partial charge on any atom is 0.120 e. The van der Waals surface area contributed by atoms with E-state index in [1.165, 1.54) is 0 Å². The van der Waals surface area contributed by atoms with Crippen LogP contribution in [0.3, 0.4) is 0 Å². The number of aromatic nitrogens is 2. The van der Waals surface area contributed by atoms with Gasteiger partial charge in [-0.3, -0.25) is 0 Å². The molecule has 0 spiro atoms. The molecule has 3 rings (SSSR count). The number of ether oxygens (including phenoxy) is 1. The van der Waals surface area contributed by atoms with Gasteiger partial charge in [0.25, 0.3) is 0 Å². The Kier molecular flexibility index (Phi) is 4.08. The molecule has 4 nitrogen and oxygen atoms in total. The molecule has 1 aromatic heterocycles. The Balaban J connectivity index is 1.62. The molecule has 1 heterocycles. The van der Waals surface area contributed by atoms with Crippen molar-refractivity contribution in [2.75, 3.05) is 6.61 Å². The first-order chi connectivity index (χ1) is 10.2. The highest BCUT2D eigenvalue weighted by atomic mass is 35.5. The van der Waals surface area contributed by atoms with Crippen molar-refractivity contribution in [2.45, 2.75) is 12.6 Å². The van der Waals surface area contributed by atoms with Crippen molar-refractivity contribution in [3.05, 3.63) is 59.9 Å². The SMILES string of the molecule is O[C@H](COc1cccc(Cl)c1)Cn1cnc2ccccc21. The Labute approximate surface area is 127 Å². The molecule has 0 aliphatic rings. The second kappa shape index (κ2) is 6.16. The maximum absolute atomic E-state index is 10.1. The van der Waals surface area contributed by atoms with E-state index >= 15 is 0 Å². The zero-order valence-electron chi connectivity index (χ0n) is 11.3. The molecular formula is C16H15ClN2O2. The summed E-state index contributed by atoms with van der Waals surface area (Å²) in [6.45, 7) is 0.633. The summed E-state index contributed by atoms with van der Waals surface area (Å²) in [5.74, 6) is 0.650. The van der Waals surface area contributed by atoms with Crippen LogP contribution in [-0.4, -0.2) is 27.4 Å². The van der Waals surface area contributed by atoms with Crippen LogP contribution in [0.2, 0.25) is 5.02 Å². The maximum atomic E-state index is 10.1. The van der Waals surface area contributed by atoms with E-state index in [4.69, 9.17) is 16.3 Å². The lowest BCUT2D eigenvalue weighted by Gasteiger charge is -2.13. The average Bonchev–Trinajstić information content (AvgIpc) is 2.89. The molecule has 0 aliphatic carbocycles. The molecule has 1 N–H and O–H groups in total. The van der Waals surface area contributed by atoms with E-state index in [2.05, 4.69) is 4.98 Å². The van der Waals surface area contributed by atoms with Gasteiger partial charge in [-0.2, -0.15) is 0 Å². The fourth-order valence-electron chi connectivity index (χ4n) is 2.18. The average molecular weight is 303 g/mol. The van der Waals surface area contributed by atoms with Crippen LogP contribution < -0.4 is 4.74 Å². The van der Waals surface area contributed by atoms with Crippen molar-refractivity contribution in [1.82, 2.24) is 9.55 Å². The molecule has 0 saturated heterocycles. The lowest BCUT2D eigenvalue weighted by Crippen LogP contribution is -2.23. The van der Waals surface area contributed by atoms with Crippen LogP contribution in [0.4, 0.5) is 0 Å². The van der Waals surface area contributed by atoms with Crippen LogP contribution in [0.5, 0.6) is 5.75 Å². The molecule has 108 valence electrons. The lowest BCUT2D eigenvalue weighted by molar-refractivity contribution is 0.0934. The molecule has 0 fully saturated rings. The Morgan fingerprint density at radius 1 is 1.19 bits per heavy atom. The van der Waals surface area contributed by atoms with Crippen LogP contribution >= 0.6 is 11.6 Å². The third-order valence-electron chi connectivity index (χ3n) is 3.17.